The van der Waals surface area contributed by atoms with Gasteiger partial charge in [-0.3, -0.25) is 4.72 Å². The van der Waals surface area contributed by atoms with Gasteiger partial charge in [-0.1, -0.05) is 45.0 Å². The summed E-state index contributed by atoms with van der Waals surface area (Å²) in [5.41, 5.74) is 0.0471. The number of hydrogen-bond donors (Lipinski definition) is 1. The molecule has 0 aliphatic rings. The first-order valence-corrected chi connectivity index (χ1v) is 13.9. The van der Waals surface area contributed by atoms with Crippen LogP contribution in [0.4, 0.5) is 32.0 Å². The van der Waals surface area contributed by atoms with Crippen molar-refractivity contribution < 1.29 is 53.7 Å². The van der Waals surface area contributed by atoms with E-state index in [2.05, 4.69) is 24.2 Å². The summed E-state index contributed by atoms with van der Waals surface area (Å²) in [5.74, 6) is -2.79. The lowest BCUT2D eigenvalue weighted by atomic mass is 9.87. The third kappa shape index (κ3) is 8.89. The first kappa shape index (κ1) is 32.2. The van der Waals surface area contributed by atoms with E-state index in [1.165, 1.54) is 36.4 Å². The zero-order chi connectivity index (χ0) is 32.3. The molecule has 1 aromatic heterocycles. The molecule has 4 rings (SSSR count). The Balaban J connectivity index is 1.74. The summed E-state index contributed by atoms with van der Waals surface area (Å²) in [5, 5.41) is 0. The molecule has 0 atom stereocenters. The number of anilines is 1. The van der Waals surface area contributed by atoms with Gasteiger partial charge in [-0.25, -0.2) is 8.42 Å². The molecule has 44 heavy (non-hydrogen) atoms. The maximum Gasteiger partial charge on any atom is 0.573 e. The van der Waals surface area contributed by atoms with Gasteiger partial charge in [0.1, 0.15) is 29.3 Å². The van der Waals surface area contributed by atoms with E-state index < -0.39 is 51.7 Å². The average Bonchev–Trinajstić information content (AvgIpc) is 2.88. The lowest BCUT2D eigenvalue weighted by Crippen LogP contribution is -2.17. The largest absolute Gasteiger partial charge is 0.573 e. The zero-order valence-electron chi connectivity index (χ0n) is 23.0. The highest BCUT2D eigenvalue weighted by Crippen LogP contribution is 2.39. The Morgan fingerprint density at radius 3 is 1.50 bits per heavy atom. The molecular formula is C28H23F6N3O6S. The van der Waals surface area contributed by atoms with Crippen LogP contribution in [0, 0.1) is 0 Å². The number of nitrogens with one attached hydrogen (secondary N) is 1. The first-order chi connectivity index (χ1) is 20.4. The molecule has 0 aliphatic heterocycles. The first-order valence-electron chi connectivity index (χ1n) is 12.4. The lowest BCUT2D eigenvalue weighted by Gasteiger charge is -2.19. The molecule has 0 radical (unpaired) electrons. The van der Waals surface area contributed by atoms with E-state index >= 15 is 0 Å². The van der Waals surface area contributed by atoms with E-state index in [0.29, 0.717) is 0 Å². The van der Waals surface area contributed by atoms with Gasteiger partial charge in [0, 0.05) is 12.1 Å². The fraction of sp³-hybridized carbons (Fsp3) is 0.214. The Morgan fingerprint density at radius 1 is 0.659 bits per heavy atom. The number of nitrogens with zero attached hydrogens (tertiary/aromatic N) is 2. The van der Waals surface area contributed by atoms with Crippen LogP contribution in [-0.2, 0) is 15.4 Å². The summed E-state index contributed by atoms with van der Waals surface area (Å²) >= 11 is 0. The summed E-state index contributed by atoms with van der Waals surface area (Å²) < 4.78 is 124. The third-order valence-corrected chi connectivity index (χ3v) is 6.92. The number of hydrogen-bond acceptors (Lipinski definition) is 8. The smallest absolute Gasteiger partial charge is 0.437 e. The van der Waals surface area contributed by atoms with Crippen molar-refractivity contribution in [1.82, 2.24) is 9.97 Å². The summed E-state index contributed by atoms with van der Waals surface area (Å²) in [7, 11) is -4.41. The van der Waals surface area contributed by atoms with Crippen LogP contribution in [-0.4, -0.2) is 31.1 Å². The SMILES string of the molecule is CC(C)(C)c1ccc(S(=O)(=O)Nc2c(Oc3cccc(OC(F)(F)F)c3)ncnc2Oc2cccc(OC(F)(F)F)c2)cc1. The van der Waals surface area contributed by atoms with Gasteiger partial charge in [0.05, 0.1) is 4.90 Å². The number of aromatic nitrogens is 2. The molecule has 0 amide bonds. The topological polar surface area (TPSA) is 109 Å². The monoisotopic (exact) mass is 643 g/mol. The molecular weight excluding hydrogens is 620 g/mol. The van der Waals surface area contributed by atoms with Gasteiger partial charge in [0.15, 0.2) is 5.69 Å². The van der Waals surface area contributed by atoms with Gasteiger partial charge in [0.25, 0.3) is 21.8 Å². The van der Waals surface area contributed by atoms with Crippen LogP contribution in [0.25, 0.3) is 0 Å². The molecule has 16 heteroatoms. The minimum absolute atomic E-state index is 0.188. The number of halogens is 6. The predicted octanol–water partition coefficient (Wildman–Crippen LogP) is 7.96. The van der Waals surface area contributed by atoms with E-state index in [0.717, 1.165) is 36.2 Å². The number of alkyl halides is 6. The second kappa shape index (κ2) is 12.1. The van der Waals surface area contributed by atoms with Crippen molar-refractivity contribution >= 4 is 15.7 Å². The normalized spacial score (nSPS) is 12.4. The maximum absolute atomic E-state index is 13.4. The highest BCUT2D eigenvalue weighted by atomic mass is 32.2. The van der Waals surface area contributed by atoms with E-state index in [9.17, 15) is 34.8 Å². The minimum Gasteiger partial charge on any atom is -0.437 e. The van der Waals surface area contributed by atoms with Gasteiger partial charge < -0.3 is 18.9 Å². The third-order valence-electron chi connectivity index (χ3n) is 5.55. The molecule has 0 saturated heterocycles. The van der Waals surface area contributed by atoms with Gasteiger partial charge in [-0.05, 0) is 47.4 Å². The molecule has 0 spiro atoms. The Morgan fingerprint density at radius 2 is 1.09 bits per heavy atom. The van der Waals surface area contributed by atoms with Crippen molar-refractivity contribution in [2.45, 2.75) is 43.8 Å². The molecule has 4 aromatic rings. The molecule has 0 unspecified atom stereocenters. The van der Waals surface area contributed by atoms with E-state index in [4.69, 9.17) is 9.47 Å². The predicted molar refractivity (Wildman–Crippen MR) is 144 cm³/mol. The van der Waals surface area contributed by atoms with Crippen molar-refractivity contribution in [3.63, 3.8) is 0 Å². The molecule has 1 heterocycles. The van der Waals surface area contributed by atoms with Crippen molar-refractivity contribution in [3.05, 3.63) is 84.7 Å². The fourth-order valence-electron chi connectivity index (χ4n) is 3.62. The van der Waals surface area contributed by atoms with Crippen LogP contribution in [0.15, 0.2) is 84.0 Å². The summed E-state index contributed by atoms with van der Waals surface area (Å²) in [6.45, 7) is 5.81. The molecule has 0 bridgehead atoms. The highest BCUT2D eigenvalue weighted by molar-refractivity contribution is 7.92. The fourth-order valence-corrected chi connectivity index (χ4v) is 4.67. The molecule has 0 saturated carbocycles. The summed E-state index contributed by atoms with van der Waals surface area (Å²) in [4.78, 5) is 7.60. The van der Waals surface area contributed by atoms with E-state index in [1.807, 2.05) is 20.8 Å². The van der Waals surface area contributed by atoms with Crippen LogP contribution in [0.3, 0.4) is 0 Å². The molecule has 0 fully saturated rings. The Bertz CT molecular complexity index is 1640. The lowest BCUT2D eigenvalue weighted by molar-refractivity contribution is -0.275. The van der Waals surface area contributed by atoms with E-state index in [1.54, 1.807) is 12.1 Å². The van der Waals surface area contributed by atoms with Gasteiger partial charge in [-0.2, -0.15) is 9.97 Å². The maximum atomic E-state index is 13.4. The van der Waals surface area contributed by atoms with Gasteiger partial charge >= 0.3 is 12.7 Å². The van der Waals surface area contributed by atoms with Crippen LogP contribution < -0.4 is 23.7 Å². The quantitative estimate of drug-likeness (QED) is 0.183. The average molecular weight is 644 g/mol. The molecule has 9 nitrogen and oxygen atoms in total. The van der Waals surface area contributed by atoms with Gasteiger partial charge in [0.2, 0.25) is 0 Å². The standard InChI is InChI=1S/C28H23F6N3O6S/c1-26(2,3)17-10-12-22(13-11-17)44(38,39)37-23-24(40-18-6-4-8-20(14-18)42-27(29,30)31)35-16-36-25(23)41-19-7-5-9-21(15-19)43-28(32,33)34/h4-16,37H,1-3H3. The van der Waals surface area contributed by atoms with Crippen LogP contribution in [0.5, 0.6) is 34.8 Å². The second-order valence-electron chi connectivity index (χ2n) is 9.99. The number of benzene rings is 3. The zero-order valence-corrected chi connectivity index (χ0v) is 23.8. The van der Waals surface area contributed by atoms with E-state index in [-0.39, 0.29) is 21.8 Å². The Hall–Kier alpha value is -4.73. The minimum atomic E-state index is -5.00. The second-order valence-corrected chi connectivity index (χ2v) is 11.7. The molecule has 1 N–H and O–H groups in total. The van der Waals surface area contributed by atoms with Crippen molar-refractivity contribution in [2.75, 3.05) is 4.72 Å². The molecule has 0 aliphatic carbocycles. The number of sulfonamides is 1. The van der Waals surface area contributed by atoms with Crippen molar-refractivity contribution in [2.24, 2.45) is 0 Å². The van der Waals surface area contributed by atoms with Crippen LogP contribution in [0.2, 0.25) is 0 Å². The number of rotatable bonds is 9. The summed E-state index contributed by atoms with van der Waals surface area (Å²) in [6.07, 6.45) is -9.11. The molecule has 234 valence electrons. The Kier molecular flexibility index (Phi) is 8.86. The highest BCUT2D eigenvalue weighted by Gasteiger charge is 2.32. The number of ether oxygens (including phenoxy) is 4. The van der Waals surface area contributed by atoms with Gasteiger partial charge in [-0.15, -0.1) is 26.3 Å². The van der Waals surface area contributed by atoms with Crippen molar-refractivity contribution in [1.29, 1.82) is 0 Å². The van der Waals surface area contributed by atoms with Crippen molar-refractivity contribution in [3.8, 4) is 34.8 Å². The van der Waals surface area contributed by atoms with Crippen LogP contribution >= 0.6 is 0 Å². The Labute approximate surface area is 247 Å². The van der Waals surface area contributed by atoms with Crippen LogP contribution in [0.1, 0.15) is 26.3 Å². The molecule has 3 aromatic carbocycles. The summed E-state index contributed by atoms with van der Waals surface area (Å²) in [6, 6.07) is 14.5.